The van der Waals surface area contributed by atoms with E-state index >= 15 is 4.39 Å². The zero-order valence-electron chi connectivity index (χ0n) is 19.6. The fraction of sp³-hybridized carbons (Fsp3) is 0.545. The van der Waals surface area contributed by atoms with Crippen LogP contribution < -0.4 is 4.90 Å². The van der Waals surface area contributed by atoms with E-state index in [1.54, 1.807) is 24.1 Å². The van der Waals surface area contributed by atoms with Crippen LogP contribution in [0, 0.1) is 11.8 Å². The number of aryl methyl sites for hydroxylation is 1. The quantitative estimate of drug-likeness (QED) is 0.196. The van der Waals surface area contributed by atoms with Crippen molar-refractivity contribution in [1.29, 1.82) is 0 Å². The van der Waals surface area contributed by atoms with Gasteiger partial charge >= 0.3 is 0 Å². The van der Waals surface area contributed by atoms with Gasteiger partial charge in [0.15, 0.2) is 11.6 Å². The van der Waals surface area contributed by atoms with E-state index in [1.807, 2.05) is 0 Å². The molecule has 0 amide bonds. The Hall–Kier alpha value is -1.42. The third-order valence-corrected chi connectivity index (χ3v) is 12.8. The third-order valence-electron chi connectivity index (χ3n) is 7.85. The van der Waals surface area contributed by atoms with E-state index in [-0.39, 0.29) is 17.5 Å². The first-order valence-corrected chi connectivity index (χ1v) is 14.0. The van der Waals surface area contributed by atoms with Crippen LogP contribution in [0.1, 0.15) is 25.7 Å². The van der Waals surface area contributed by atoms with Crippen molar-refractivity contribution in [3.8, 4) is 28.5 Å². The van der Waals surface area contributed by atoms with Crippen molar-refractivity contribution in [2.75, 3.05) is 4.90 Å². The van der Waals surface area contributed by atoms with Crippen molar-refractivity contribution in [3.63, 3.8) is 0 Å². The molecule has 3 fully saturated rings. The summed E-state index contributed by atoms with van der Waals surface area (Å²) in [7, 11) is 1.66. The lowest BCUT2D eigenvalue weighted by atomic mass is 9.83. The number of hydrogen-bond donors (Lipinski definition) is 6. The van der Waals surface area contributed by atoms with Gasteiger partial charge in [0.2, 0.25) is 5.82 Å². The highest BCUT2D eigenvalue weighted by molar-refractivity contribution is 8.13. The Bertz CT molecular complexity index is 1340. The van der Waals surface area contributed by atoms with Crippen molar-refractivity contribution in [2.24, 2.45) is 18.9 Å². The number of rotatable bonds is 5. The molecule has 1 aromatic carbocycles. The smallest absolute Gasteiger partial charge is 0.205 e. The van der Waals surface area contributed by atoms with Crippen molar-refractivity contribution < 1.29 is 9.50 Å². The van der Waals surface area contributed by atoms with Crippen LogP contribution in [0.4, 0.5) is 10.2 Å². The standard InChI is InChI=1S/C22H25FN8OS5/c1-30-28-18(27-29-30)12-4-5-13(15(32)8-12)19-24-9-16(25-26-19)31(20(33)21(34,35)22(20,36)37)14-7-10-2-3-11(6-10)17(14)23/h4-5,8-11,14,17,32-37H,2-3,6-7H2,1H3/t10-,11+,14+,17-/m0/s1. The summed E-state index contributed by atoms with van der Waals surface area (Å²) in [5, 5.41) is 31.3. The molecule has 1 N–H and O–H groups in total. The number of anilines is 1. The number of tetrazole rings is 1. The molecule has 37 heavy (non-hydrogen) atoms. The second-order valence-electron chi connectivity index (χ2n) is 10.0. The molecule has 0 unspecified atom stereocenters. The SMILES string of the molecule is Cn1nnc(-c2ccc(-c3ncc(N([C@@H]4C[C@H]5CC[C@H](C5)[C@@H]4F)C4(S)C(S)(S)C4(S)S)nn3)c(O)c2)n1. The highest BCUT2D eigenvalue weighted by atomic mass is 32.2. The minimum Gasteiger partial charge on any atom is -0.507 e. The maximum atomic E-state index is 15.8. The van der Waals surface area contributed by atoms with Crippen molar-refractivity contribution in [1.82, 2.24) is 35.4 Å². The second kappa shape index (κ2) is 8.80. The number of phenolic OH excluding ortho intramolecular Hbond substituents is 1. The summed E-state index contributed by atoms with van der Waals surface area (Å²) in [4.78, 5) is 6.43. The molecular weight excluding hydrogens is 572 g/mol. The van der Waals surface area contributed by atoms with E-state index in [1.165, 1.54) is 17.1 Å². The molecule has 2 bridgehead atoms. The number of phenols is 1. The van der Waals surface area contributed by atoms with Gasteiger partial charge in [0.25, 0.3) is 0 Å². The average molecular weight is 597 g/mol. The molecule has 0 aliphatic heterocycles. The normalized spacial score (nSPS) is 28.7. The highest BCUT2D eigenvalue weighted by Crippen LogP contribution is 2.76. The summed E-state index contributed by atoms with van der Waals surface area (Å²) in [6.45, 7) is 0. The van der Waals surface area contributed by atoms with E-state index in [0.29, 0.717) is 35.1 Å². The second-order valence-corrected chi connectivity index (χ2v) is 14.1. The van der Waals surface area contributed by atoms with Gasteiger partial charge in [-0.2, -0.15) is 55.3 Å². The molecule has 0 spiro atoms. The fourth-order valence-corrected chi connectivity index (χ4v) is 8.55. The van der Waals surface area contributed by atoms with Gasteiger partial charge in [-0.25, -0.2) is 9.37 Å². The Kier molecular flexibility index (Phi) is 6.14. The molecular formula is C22H25FN8OS5. The zero-order valence-corrected chi connectivity index (χ0v) is 24.1. The van der Waals surface area contributed by atoms with Crippen LogP contribution >= 0.6 is 63.1 Å². The Labute approximate surface area is 240 Å². The molecule has 3 aromatic rings. The zero-order chi connectivity index (χ0) is 26.3. The van der Waals surface area contributed by atoms with E-state index < -0.39 is 25.2 Å². The lowest BCUT2D eigenvalue weighted by Crippen LogP contribution is -2.54. The lowest BCUT2D eigenvalue weighted by Gasteiger charge is -2.44. The van der Waals surface area contributed by atoms with Crippen molar-refractivity contribution in [3.05, 3.63) is 24.4 Å². The predicted molar refractivity (Wildman–Crippen MR) is 154 cm³/mol. The molecule has 3 saturated carbocycles. The summed E-state index contributed by atoms with van der Waals surface area (Å²) in [6, 6.07) is 4.39. The van der Waals surface area contributed by atoms with Crippen LogP contribution in [0.15, 0.2) is 24.4 Å². The first kappa shape index (κ1) is 25.8. The first-order valence-electron chi connectivity index (χ1n) is 11.8. The number of halogens is 1. The van der Waals surface area contributed by atoms with Crippen LogP contribution in [-0.4, -0.2) is 65.7 Å². The van der Waals surface area contributed by atoms with Gasteiger partial charge in [0.05, 0.1) is 24.8 Å². The number of hydrogen-bond acceptors (Lipinski definition) is 13. The molecule has 9 nitrogen and oxygen atoms in total. The molecule has 15 heteroatoms. The van der Waals surface area contributed by atoms with Gasteiger partial charge in [-0.3, -0.25) is 0 Å². The van der Waals surface area contributed by atoms with Gasteiger partial charge in [-0.05, 0) is 54.9 Å². The Morgan fingerprint density at radius 1 is 1.03 bits per heavy atom. The predicted octanol–water partition coefficient (Wildman–Crippen LogP) is 3.52. The Morgan fingerprint density at radius 3 is 2.38 bits per heavy atom. The topological polar surface area (TPSA) is 106 Å². The summed E-state index contributed by atoms with van der Waals surface area (Å²) >= 11 is 23.6. The first-order chi connectivity index (χ1) is 17.5. The minimum atomic E-state index is -1.14. The molecule has 4 atom stereocenters. The van der Waals surface area contributed by atoms with Crippen LogP contribution in [0.5, 0.6) is 5.75 Å². The fourth-order valence-electron chi connectivity index (χ4n) is 5.79. The maximum absolute atomic E-state index is 15.8. The number of aromatic hydroxyl groups is 1. The van der Waals surface area contributed by atoms with Crippen molar-refractivity contribution >= 4 is 69.0 Å². The number of benzene rings is 1. The lowest BCUT2D eigenvalue weighted by molar-refractivity contribution is 0.139. The van der Waals surface area contributed by atoms with Crippen LogP contribution in [0.3, 0.4) is 0 Å². The molecule has 0 saturated heterocycles. The monoisotopic (exact) mass is 596 g/mol. The van der Waals surface area contributed by atoms with E-state index in [4.69, 9.17) is 12.6 Å². The summed E-state index contributed by atoms with van der Waals surface area (Å²) in [6.07, 6.45) is 3.86. The minimum absolute atomic E-state index is 0.00940. The van der Waals surface area contributed by atoms with Gasteiger partial charge in [-0.15, -0.1) is 33.0 Å². The highest BCUT2D eigenvalue weighted by Gasteiger charge is 2.85. The van der Waals surface area contributed by atoms with Crippen LogP contribution in [0.2, 0.25) is 0 Å². The number of nitrogens with zero attached hydrogens (tertiary/aromatic N) is 8. The van der Waals surface area contributed by atoms with E-state index in [0.717, 1.165) is 19.3 Å². The maximum Gasteiger partial charge on any atom is 0.205 e. The third kappa shape index (κ3) is 3.78. The van der Waals surface area contributed by atoms with Gasteiger partial charge < -0.3 is 10.0 Å². The molecule has 3 aliphatic carbocycles. The van der Waals surface area contributed by atoms with E-state index in [9.17, 15) is 5.11 Å². The van der Waals surface area contributed by atoms with Gasteiger partial charge in [0.1, 0.15) is 25.0 Å². The average Bonchev–Trinajstić information content (AvgIpc) is 3.35. The number of aromatic nitrogens is 7. The molecule has 196 valence electrons. The summed E-state index contributed by atoms with van der Waals surface area (Å²) in [5.74, 6) is 1.27. The van der Waals surface area contributed by atoms with Gasteiger partial charge in [-0.1, -0.05) is 6.07 Å². The summed E-state index contributed by atoms with van der Waals surface area (Å²) < 4.78 is 13.7. The molecule has 2 heterocycles. The molecule has 0 radical (unpaired) electrons. The van der Waals surface area contributed by atoms with E-state index in [2.05, 4.69) is 81.1 Å². The number of fused-ring (bicyclic) bond motifs is 2. The Balaban J connectivity index is 1.35. The molecule has 2 aromatic heterocycles. The molecule has 3 aliphatic rings. The molecule has 6 rings (SSSR count). The van der Waals surface area contributed by atoms with Gasteiger partial charge in [0, 0.05) is 5.56 Å². The summed E-state index contributed by atoms with van der Waals surface area (Å²) in [5.41, 5.74) is 0.967. The number of alkyl halides is 1. The van der Waals surface area contributed by atoms with Crippen LogP contribution in [0.25, 0.3) is 22.8 Å². The number of thiol groups is 5. The Morgan fingerprint density at radius 2 is 1.78 bits per heavy atom. The van der Waals surface area contributed by atoms with Crippen LogP contribution in [-0.2, 0) is 7.05 Å². The van der Waals surface area contributed by atoms with Crippen molar-refractivity contribution in [2.45, 2.75) is 50.9 Å². The largest absolute Gasteiger partial charge is 0.507 e.